The molecule has 1 aromatic heterocycles. The first-order valence-electron chi connectivity index (χ1n) is 9.69. The van der Waals surface area contributed by atoms with Crippen LogP contribution >= 0.6 is 0 Å². The molecule has 0 amide bonds. The van der Waals surface area contributed by atoms with Gasteiger partial charge in [0.1, 0.15) is 11.7 Å². The number of carbonyl (C=O) groups excluding carboxylic acids is 2. The van der Waals surface area contributed by atoms with Crippen LogP contribution in [-0.4, -0.2) is 47.3 Å². The lowest BCUT2D eigenvalue weighted by molar-refractivity contribution is -0.147. The largest absolute Gasteiger partial charge is 0.465 e. The Bertz CT molecular complexity index is 630. The smallest absolute Gasteiger partial charge is 0.356 e. The summed E-state index contributed by atoms with van der Waals surface area (Å²) in [4.78, 5) is 28.2. The summed E-state index contributed by atoms with van der Waals surface area (Å²) < 4.78 is 12.2. The van der Waals surface area contributed by atoms with E-state index >= 15 is 0 Å². The predicted octanol–water partition coefficient (Wildman–Crippen LogP) is 2.02. The van der Waals surface area contributed by atoms with Crippen LogP contribution in [-0.2, 0) is 20.8 Å². The van der Waals surface area contributed by atoms with Gasteiger partial charge >= 0.3 is 11.9 Å². The monoisotopic (exact) mass is 363 g/mol. The minimum absolute atomic E-state index is 0.132. The second kappa shape index (κ2) is 8.66. The van der Waals surface area contributed by atoms with Crippen LogP contribution in [0.2, 0.25) is 0 Å². The number of aromatic nitrogens is 2. The van der Waals surface area contributed by atoms with E-state index in [0.29, 0.717) is 36.7 Å². The lowest BCUT2D eigenvalue weighted by Gasteiger charge is -2.42. The third-order valence-electron chi connectivity index (χ3n) is 5.64. The summed E-state index contributed by atoms with van der Waals surface area (Å²) >= 11 is 0. The number of ether oxygens (including phenoxy) is 2. The minimum atomic E-state index is -0.317. The fourth-order valence-electron chi connectivity index (χ4n) is 4.37. The quantitative estimate of drug-likeness (QED) is 0.779. The van der Waals surface area contributed by atoms with E-state index in [9.17, 15) is 9.59 Å². The first-order chi connectivity index (χ1) is 12.6. The molecule has 0 aromatic carbocycles. The Labute approximate surface area is 154 Å². The Morgan fingerprint density at radius 3 is 2.77 bits per heavy atom. The second-order valence-corrected chi connectivity index (χ2v) is 7.30. The van der Waals surface area contributed by atoms with Crippen molar-refractivity contribution in [2.75, 3.05) is 19.8 Å². The average molecular weight is 363 g/mol. The minimum Gasteiger partial charge on any atom is -0.465 e. The molecular formula is C19H29N3O4. The number of esters is 2. The van der Waals surface area contributed by atoms with Crippen LogP contribution in [0.25, 0.3) is 0 Å². The molecule has 0 spiro atoms. The Morgan fingerprint density at radius 2 is 2.00 bits per heavy atom. The van der Waals surface area contributed by atoms with Gasteiger partial charge in [0.05, 0.1) is 25.7 Å². The number of nitrogens with zero attached hydrogens (tertiary/aromatic N) is 2. The van der Waals surface area contributed by atoms with Crippen LogP contribution < -0.4 is 5.32 Å². The van der Waals surface area contributed by atoms with E-state index in [1.807, 2.05) is 11.5 Å². The van der Waals surface area contributed by atoms with Crippen molar-refractivity contribution in [2.45, 2.75) is 52.1 Å². The topological polar surface area (TPSA) is 82.5 Å². The molecule has 7 nitrogen and oxygen atoms in total. The molecular weight excluding hydrogens is 334 g/mol. The summed E-state index contributed by atoms with van der Waals surface area (Å²) in [7, 11) is 0. The van der Waals surface area contributed by atoms with Crippen molar-refractivity contribution in [1.82, 2.24) is 14.9 Å². The second-order valence-electron chi connectivity index (χ2n) is 7.30. The van der Waals surface area contributed by atoms with Crippen LogP contribution in [0.5, 0.6) is 0 Å². The lowest BCUT2D eigenvalue weighted by atomic mass is 9.69. The zero-order chi connectivity index (χ0) is 18.5. The molecule has 0 radical (unpaired) electrons. The molecule has 2 aliphatic rings. The summed E-state index contributed by atoms with van der Waals surface area (Å²) in [5.74, 6) is 1.19. The molecule has 2 fully saturated rings. The van der Waals surface area contributed by atoms with Crippen molar-refractivity contribution in [3.8, 4) is 0 Å². The van der Waals surface area contributed by atoms with Crippen LogP contribution in [0.1, 0.15) is 50.0 Å². The number of hydrogen-bond acceptors (Lipinski definition) is 6. The van der Waals surface area contributed by atoms with E-state index in [1.165, 1.54) is 0 Å². The summed E-state index contributed by atoms with van der Waals surface area (Å²) in [6.45, 7) is 6.09. The van der Waals surface area contributed by atoms with Gasteiger partial charge in [0, 0.05) is 6.54 Å². The highest BCUT2D eigenvalue weighted by Gasteiger charge is 2.38. The zero-order valence-electron chi connectivity index (χ0n) is 15.6. The highest BCUT2D eigenvalue weighted by atomic mass is 16.5. The molecule has 1 saturated heterocycles. The van der Waals surface area contributed by atoms with E-state index in [-0.39, 0.29) is 18.0 Å². The number of fused-ring (bicyclic) bond motifs is 1. The van der Waals surface area contributed by atoms with Crippen molar-refractivity contribution in [2.24, 2.45) is 17.8 Å². The van der Waals surface area contributed by atoms with Gasteiger partial charge in [-0.1, -0.05) is 0 Å². The molecule has 1 N–H and O–H groups in total. The van der Waals surface area contributed by atoms with E-state index in [2.05, 4.69) is 10.3 Å². The van der Waals surface area contributed by atoms with E-state index in [4.69, 9.17) is 9.47 Å². The Kier molecular flexibility index (Phi) is 6.29. The molecule has 1 saturated carbocycles. The number of imidazole rings is 1. The highest BCUT2D eigenvalue weighted by molar-refractivity contribution is 5.87. The molecule has 144 valence electrons. The number of hydrogen-bond donors (Lipinski definition) is 1. The van der Waals surface area contributed by atoms with Crippen LogP contribution in [0.15, 0.2) is 12.5 Å². The number of carbonyl (C=O) groups is 2. The summed E-state index contributed by atoms with van der Waals surface area (Å²) in [5, 5.41) is 3.35. The van der Waals surface area contributed by atoms with Crippen LogP contribution in [0.3, 0.4) is 0 Å². The Balaban J connectivity index is 1.59. The summed E-state index contributed by atoms with van der Waals surface area (Å²) in [5.41, 5.74) is 0.517. The maximum absolute atomic E-state index is 12.0. The van der Waals surface area contributed by atoms with Crippen LogP contribution in [0.4, 0.5) is 0 Å². The van der Waals surface area contributed by atoms with E-state index < -0.39 is 0 Å². The van der Waals surface area contributed by atoms with Gasteiger partial charge in [0.25, 0.3) is 0 Å². The normalized spacial score (nSPS) is 28.2. The first kappa shape index (κ1) is 18.9. The molecule has 26 heavy (non-hydrogen) atoms. The zero-order valence-corrected chi connectivity index (χ0v) is 15.6. The number of rotatable bonds is 6. The predicted molar refractivity (Wildman–Crippen MR) is 95.5 cm³/mol. The maximum Gasteiger partial charge on any atom is 0.356 e. The third-order valence-corrected chi connectivity index (χ3v) is 5.64. The molecule has 3 rings (SSSR count). The standard InChI is InChI=1S/C19H29N3O4/c1-3-25-18(23)16-8-15-7-13(5-6-14(15)9-21-16)11-22-12-20-10-17(22)19(24)26-4-2/h10,12-16,21H,3-9,11H2,1-2H3/t13-,14-,15+,16-/m0/s1. The molecule has 1 aromatic rings. The molecule has 1 aliphatic carbocycles. The van der Waals surface area contributed by atoms with Crippen molar-refractivity contribution in [3.63, 3.8) is 0 Å². The van der Waals surface area contributed by atoms with Crippen molar-refractivity contribution >= 4 is 11.9 Å². The number of nitrogens with one attached hydrogen (secondary N) is 1. The third kappa shape index (κ3) is 4.26. The van der Waals surface area contributed by atoms with Crippen molar-refractivity contribution < 1.29 is 19.1 Å². The fourth-order valence-corrected chi connectivity index (χ4v) is 4.37. The van der Waals surface area contributed by atoms with Gasteiger partial charge in [-0.05, 0) is 63.8 Å². The highest BCUT2D eigenvalue weighted by Crippen LogP contribution is 2.39. The van der Waals surface area contributed by atoms with Gasteiger partial charge in [-0.3, -0.25) is 4.79 Å². The first-order valence-corrected chi connectivity index (χ1v) is 9.69. The van der Waals surface area contributed by atoms with Gasteiger partial charge in [0.15, 0.2) is 0 Å². The molecule has 2 heterocycles. The van der Waals surface area contributed by atoms with E-state index in [0.717, 1.165) is 38.8 Å². The van der Waals surface area contributed by atoms with Gasteiger partial charge < -0.3 is 19.4 Å². The molecule has 0 unspecified atom stereocenters. The average Bonchev–Trinajstić information content (AvgIpc) is 3.09. The SMILES string of the molecule is CCOC(=O)c1cncn1C[C@H]1CC[C@H]2CN[C@H](C(=O)OCC)C[C@H]2C1. The molecule has 0 bridgehead atoms. The number of piperidine rings is 1. The summed E-state index contributed by atoms with van der Waals surface area (Å²) in [6.07, 6.45) is 7.49. The Hall–Kier alpha value is -1.89. The maximum atomic E-state index is 12.0. The summed E-state index contributed by atoms with van der Waals surface area (Å²) in [6, 6.07) is -0.182. The molecule has 1 aliphatic heterocycles. The molecule has 7 heteroatoms. The van der Waals surface area contributed by atoms with Crippen molar-refractivity contribution in [1.29, 1.82) is 0 Å². The fraction of sp³-hybridized carbons (Fsp3) is 0.737. The lowest BCUT2D eigenvalue weighted by Crippen LogP contribution is -2.50. The van der Waals surface area contributed by atoms with Gasteiger partial charge in [-0.15, -0.1) is 0 Å². The van der Waals surface area contributed by atoms with Gasteiger partial charge in [-0.25, -0.2) is 9.78 Å². The Morgan fingerprint density at radius 1 is 1.19 bits per heavy atom. The van der Waals surface area contributed by atoms with E-state index in [1.54, 1.807) is 19.4 Å². The van der Waals surface area contributed by atoms with Gasteiger partial charge in [-0.2, -0.15) is 0 Å². The van der Waals surface area contributed by atoms with Crippen LogP contribution in [0, 0.1) is 17.8 Å². The van der Waals surface area contributed by atoms with Crippen molar-refractivity contribution in [3.05, 3.63) is 18.2 Å². The van der Waals surface area contributed by atoms with Gasteiger partial charge in [0.2, 0.25) is 0 Å². The molecule has 4 atom stereocenters.